The Kier molecular flexibility index (Phi) is 7.84. The molecule has 2 aromatic rings. The number of fused-ring (bicyclic) bond motifs is 9. The second-order valence-corrected chi connectivity index (χ2v) is 14.1. The average Bonchev–Trinajstić information content (AvgIpc) is 3.51. The fraction of sp³-hybridized carbons (Fsp3) is 0.588. The number of cyclic esters (lactones) is 1. The maximum absolute atomic E-state index is 13.1. The van der Waals surface area contributed by atoms with Crippen LogP contribution >= 0.6 is 11.8 Å². The van der Waals surface area contributed by atoms with Crippen LogP contribution in [-0.2, 0) is 20.7 Å². The number of nitriles is 1. The van der Waals surface area contributed by atoms with Gasteiger partial charge in [-0.25, -0.2) is 0 Å². The van der Waals surface area contributed by atoms with E-state index in [0.29, 0.717) is 35.8 Å². The summed E-state index contributed by atoms with van der Waals surface area (Å²) < 4.78 is 30.2. The zero-order valence-electron chi connectivity index (χ0n) is 26.7. The summed E-state index contributed by atoms with van der Waals surface area (Å²) in [7, 11) is 2.11. The first-order valence-electron chi connectivity index (χ1n) is 15.8. The van der Waals surface area contributed by atoms with Gasteiger partial charge in [-0.1, -0.05) is 19.9 Å². The lowest BCUT2D eigenvalue weighted by atomic mass is 9.71. The highest BCUT2D eigenvalue weighted by Crippen LogP contribution is 2.63. The van der Waals surface area contributed by atoms with E-state index in [-0.39, 0.29) is 61.2 Å². The van der Waals surface area contributed by atoms with Crippen LogP contribution < -0.4 is 14.2 Å². The summed E-state index contributed by atoms with van der Waals surface area (Å²) in [6, 6.07) is 3.34. The number of phenols is 1. The molecule has 5 heterocycles. The lowest BCUT2D eigenvalue weighted by Gasteiger charge is -2.61. The van der Waals surface area contributed by atoms with E-state index in [1.807, 2.05) is 13.8 Å². The molecular weight excluding hydrogens is 594 g/mol. The SMILES string of the molecule is CCCOCOc1c(C)c(C)cc2c1[C@@H]1C3[C@@H]4SCC(C)C(=O)OC[C@@H](c5c6c(c(C)c(O)c54)OCO6)N3[C@@H](C#N)[C@H](C2)N1C. The quantitative estimate of drug-likeness (QED) is 0.272. The van der Waals surface area contributed by atoms with E-state index < -0.39 is 12.1 Å². The molecule has 0 aromatic heterocycles. The van der Waals surface area contributed by atoms with Gasteiger partial charge in [-0.2, -0.15) is 17.0 Å². The van der Waals surface area contributed by atoms with Gasteiger partial charge in [0.2, 0.25) is 6.79 Å². The lowest BCUT2D eigenvalue weighted by molar-refractivity contribution is -0.153. The predicted octanol–water partition coefficient (Wildman–Crippen LogP) is 5.01. The standard InChI is InChI=1S/C34H41N3O7S/c1-7-8-40-14-42-30-18(4)16(2)9-20-10-21-22(11-35)37-23-12-41-34(39)17(3)13-45-33(28(37)27(24(20)30)36(21)6)26-25(23)32-31(43-15-44-32)19(5)29(26)38/h9,17,21-23,27-28,33,38H,7-8,10,12-15H2,1-6H3/t17?,21-,22-,23-,27+,28?,33+/m0/s1. The monoisotopic (exact) mass is 635 g/mol. The number of nitrogens with zero attached hydrogens (tertiary/aromatic N) is 3. The number of esters is 1. The molecule has 0 saturated carbocycles. The summed E-state index contributed by atoms with van der Waals surface area (Å²) in [5, 5.41) is 22.5. The van der Waals surface area contributed by atoms with E-state index in [0.717, 1.165) is 40.0 Å². The van der Waals surface area contributed by atoms with Crippen molar-refractivity contribution in [2.45, 2.75) is 82.9 Å². The van der Waals surface area contributed by atoms with Crippen molar-refractivity contribution in [1.29, 1.82) is 5.26 Å². The van der Waals surface area contributed by atoms with Gasteiger partial charge >= 0.3 is 5.97 Å². The number of carbonyl (C=O) groups is 1. The molecule has 5 aliphatic rings. The maximum Gasteiger partial charge on any atom is 0.309 e. The van der Waals surface area contributed by atoms with Crippen molar-refractivity contribution in [2.75, 3.05) is 39.6 Å². The molecule has 45 heavy (non-hydrogen) atoms. The summed E-state index contributed by atoms with van der Waals surface area (Å²) in [4.78, 5) is 17.7. The third kappa shape index (κ3) is 4.51. The summed E-state index contributed by atoms with van der Waals surface area (Å²) in [5.74, 6) is 1.99. The Morgan fingerprint density at radius 3 is 2.67 bits per heavy atom. The Morgan fingerprint density at radius 1 is 1.13 bits per heavy atom. The van der Waals surface area contributed by atoms with Gasteiger partial charge in [-0.3, -0.25) is 14.6 Å². The minimum atomic E-state index is -0.522. The minimum Gasteiger partial charge on any atom is -0.507 e. The number of hydrogen-bond acceptors (Lipinski definition) is 11. The van der Waals surface area contributed by atoms with E-state index in [1.165, 1.54) is 5.56 Å². The number of piperazine rings is 1. The van der Waals surface area contributed by atoms with Gasteiger partial charge in [-0.15, -0.1) is 0 Å². The molecule has 4 bridgehead atoms. The normalized spacial score (nSPS) is 30.2. The highest BCUT2D eigenvalue weighted by atomic mass is 32.2. The average molecular weight is 636 g/mol. The first-order chi connectivity index (χ1) is 21.7. The van der Waals surface area contributed by atoms with Gasteiger partial charge < -0.3 is 28.8 Å². The van der Waals surface area contributed by atoms with Crippen LogP contribution in [0.3, 0.4) is 0 Å². The molecule has 0 aliphatic carbocycles. The second kappa shape index (κ2) is 11.6. The predicted molar refractivity (Wildman–Crippen MR) is 168 cm³/mol. The molecule has 1 N–H and O–H groups in total. The number of rotatable bonds is 5. The molecular formula is C34H41N3O7S. The van der Waals surface area contributed by atoms with Crippen LogP contribution in [0.1, 0.15) is 76.5 Å². The topological polar surface area (TPSA) is 114 Å². The van der Waals surface area contributed by atoms with Crippen molar-refractivity contribution in [3.05, 3.63) is 45.0 Å². The van der Waals surface area contributed by atoms with Crippen LogP contribution in [0.25, 0.3) is 0 Å². The lowest BCUT2D eigenvalue weighted by Crippen LogP contribution is -2.69. The van der Waals surface area contributed by atoms with Gasteiger partial charge in [0, 0.05) is 40.1 Å². The van der Waals surface area contributed by atoms with Crippen molar-refractivity contribution in [3.63, 3.8) is 0 Å². The molecule has 0 amide bonds. The van der Waals surface area contributed by atoms with E-state index in [1.54, 1.807) is 11.8 Å². The number of carbonyl (C=O) groups excluding carboxylic acids is 1. The number of phenolic OH excluding ortho intramolecular Hbond substituents is 1. The van der Waals surface area contributed by atoms with Crippen molar-refractivity contribution < 1.29 is 33.6 Å². The zero-order chi connectivity index (χ0) is 31.7. The van der Waals surface area contributed by atoms with Gasteiger partial charge in [-0.05, 0) is 57.4 Å². The molecule has 2 saturated heterocycles. The fourth-order valence-electron chi connectivity index (χ4n) is 8.13. The number of benzene rings is 2. The van der Waals surface area contributed by atoms with Gasteiger partial charge in [0.25, 0.3) is 0 Å². The van der Waals surface area contributed by atoms with E-state index >= 15 is 0 Å². The Bertz CT molecular complexity index is 1590. The smallest absolute Gasteiger partial charge is 0.309 e. The van der Waals surface area contributed by atoms with Gasteiger partial charge in [0.05, 0.1) is 35.9 Å². The van der Waals surface area contributed by atoms with Crippen LogP contribution in [0.2, 0.25) is 0 Å². The highest BCUT2D eigenvalue weighted by Gasteiger charge is 2.60. The summed E-state index contributed by atoms with van der Waals surface area (Å²) in [6.07, 6.45) is 1.57. The van der Waals surface area contributed by atoms with Gasteiger partial charge in [0.1, 0.15) is 24.1 Å². The maximum atomic E-state index is 13.1. The molecule has 0 spiro atoms. The Hall–Kier alpha value is -3.17. The molecule has 11 heteroatoms. The number of likely N-dealkylation sites (N-methyl/N-ethyl adjacent to an activating group) is 1. The Balaban J connectivity index is 1.48. The molecule has 2 aromatic carbocycles. The molecule has 7 rings (SSSR count). The first-order valence-corrected chi connectivity index (χ1v) is 16.9. The highest BCUT2D eigenvalue weighted by molar-refractivity contribution is 7.99. The van der Waals surface area contributed by atoms with Crippen LogP contribution in [0.4, 0.5) is 0 Å². The number of ether oxygens (including phenoxy) is 5. The van der Waals surface area contributed by atoms with Crippen LogP contribution in [0.5, 0.6) is 23.0 Å². The van der Waals surface area contributed by atoms with Crippen molar-refractivity contribution >= 4 is 17.7 Å². The van der Waals surface area contributed by atoms with Crippen molar-refractivity contribution in [1.82, 2.24) is 9.80 Å². The van der Waals surface area contributed by atoms with E-state index in [9.17, 15) is 15.2 Å². The second-order valence-electron chi connectivity index (χ2n) is 13.0. The molecule has 240 valence electrons. The van der Waals surface area contributed by atoms with Crippen LogP contribution in [0.15, 0.2) is 6.07 Å². The first kappa shape index (κ1) is 30.5. The van der Waals surface area contributed by atoms with Crippen LogP contribution in [0, 0.1) is 38.0 Å². The van der Waals surface area contributed by atoms with Crippen molar-refractivity contribution in [2.24, 2.45) is 5.92 Å². The Morgan fingerprint density at radius 2 is 1.91 bits per heavy atom. The minimum absolute atomic E-state index is 0.0394. The molecule has 7 atom stereocenters. The number of thioether (sulfide) groups is 1. The van der Waals surface area contributed by atoms with Crippen LogP contribution in [-0.4, -0.2) is 78.6 Å². The fourth-order valence-corrected chi connectivity index (χ4v) is 9.66. The number of hydrogen-bond donors (Lipinski definition) is 1. The molecule has 0 radical (unpaired) electrons. The van der Waals surface area contributed by atoms with E-state index in [2.05, 4.69) is 49.8 Å². The summed E-state index contributed by atoms with van der Waals surface area (Å²) in [5.41, 5.74) is 6.67. The van der Waals surface area contributed by atoms with Crippen molar-refractivity contribution in [3.8, 4) is 29.1 Å². The summed E-state index contributed by atoms with van der Waals surface area (Å²) in [6.45, 7) is 10.9. The zero-order valence-corrected chi connectivity index (χ0v) is 27.5. The summed E-state index contributed by atoms with van der Waals surface area (Å²) >= 11 is 1.64. The molecule has 2 fully saturated rings. The molecule has 5 aliphatic heterocycles. The van der Waals surface area contributed by atoms with E-state index in [4.69, 9.17) is 23.7 Å². The number of aryl methyl sites for hydroxylation is 1. The molecule has 10 nitrogen and oxygen atoms in total. The molecule has 2 unspecified atom stereocenters. The number of aromatic hydroxyl groups is 1. The largest absolute Gasteiger partial charge is 0.507 e. The third-order valence-corrected chi connectivity index (χ3v) is 12.0. The Labute approximate surface area is 268 Å². The third-order valence-electron chi connectivity index (χ3n) is 10.4. The van der Waals surface area contributed by atoms with Gasteiger partial charge in [0.15, 0.2) is 18.3 Å².